The van der Waals surface area contributed by atoms with Gasteiger partial charge in [-0.15, -0.1) is 0 Å². The number of carbonyl (C=O) groups is 1. The summed E-state index contributed by atoms with van der Waals surface area (Å²) in [6.45, 7) is 1.80. The van der Waals surface area contributed by atoms with E-state index >= 15 is 0 Å². The van der Waals surface area contributed by atoms with E-state index in [2.05, 4.69) is 0 Å². The SMILES string of the molecule is CCCS(=O)(=O)Cc1cccc(C(=O)O)c1. The zero-order valence-electron chi connectivity index (χ0n) is 9.01. The second kappa shape index (κ2) is 5.12. The molecule has 0 aliphatic heterocycles. The summed E-state index contributed by atoms with van der Waals surface area (Å²) in [6.07, 6.45) is 0.570. The first-order valence-electron chi connectivity index (χ1n) is 4.97. The van der Waals surface area contributed by atoms with Crippen LogP contribution in [0, 0.1) is 0 Å². The number of carboxylic acids is 1. The lowest BCUT2D eigenvalue weighted by atomic mass is 10.1. The number of carboxylic acid groups (broad SMARTS) is 1. The molecule has 0 aromatic heterocycles. The summed E-state index contributed by atoms with van der Waals surface area (Å²) >= 11 is 0. The molecule has 0 bridgehead atoms. The van der Waals surface area contributed by atoms with Gasteiger partial charge in [0.05, 0.1) is 17.1 Å². The molecule has 0 amide bonds. The fourth-order valence-electron chi connectivity index (χ4n) is 1.43. The van der Waals surface area contributed by atoms with Gasteiger partial charge in [-0.25, -0.2) is 13.2 Å². The molecule has 16 heavy (non-hydrogen) atoms. The fraction of sp³-hybridized carbons (Fsp3) is 0.364. The van der Waals surface area contributed by atoms with Gasteiger partial charge in [0, 0.05) is 0 Å². The standard InChI is InChI=1S/C11H14O4S/c1-2-6-16(14,15)8-9-4-3-5-10(7-9)11(12)13/h3-5,7H,2,6,8H2,1H3,(H,12,13). The highest BCUT2D eigenvalue weighted by molar-refractivity contribution is 7.90. The summed E-state index contributed by atoms with van der Waals surface area (Å²) < 4.78 is 23.1. The average Bonchev–Trinajstić information content (AvgIpc) is 2.17. The first-order valence-corrected chi connectivity index (χ1v) is 6.79. The van der Waals surface area contributed by atoms with Gasteiger partial charge >= 0.3 is 5.97 Å². The molecule has 0 saturated heterocycles. The predicted molar refractivity (Wildman–Crippen MR) is 61.2 cm³/mol. The van der Waals surface area contributed by atoms with Crippen LogP contribution in [0.3, 0.4) is 0 Å². The Morgan fingerprint density at radius 1 is 1.38 bits per heavy atom. The molecule has 0 aliphatic rings. The van der Waals surface area contributed by atoms with Gasteiger partial charge in [0.1, 0.15) is 0 Å². The van der Waals surface area contributed by atoms with Gasteiger partial charge in [0.15, 0.2) is 9.84 Å². The Morgan fingerprint density at radius 3 is 2.62 bits per heavy atom. The molecule has 0 aliphatic carbocycles. The molecule has 0 radical (unpaired) electrons. The summed E-state index contributed by atoms with van der Waals surface area (Å²) in [5.41, 5.74) is 0.637. The molecule has 88 valence electrons. The number of aromatic carboxylic acids is 1. The van der Waals surface area contributed by atoms with E-state index in [1.54, 1.807) is 19.1 Å². The number of rotatable bonds is 5. The van der Waals surface area contributed by atoms with E-state index in [-0.39, 0.29) is 17.1 Å². The van der Waals surface area contributed by atoms with Crippen LogP contribution in [0.2, 0.25) is 0 Å². The normalized spacial score (nSPS) is 11.3. The Bertz CT molecular complexity index is 477. The van der Waals surface area contributed by atoms with E-state index in [9.17, 15) is 13.2 Å². The maximum Gasteiger partial charge on any atom is 0.335 e. The van der Waals surface area contributed by atoms with Crippen molar-refractivity contribution in [1.29, 1.82) is 0 Å². The Labute approximate surface area is 94.8 Å². The fourth-order valence-corrected chi connectivity index (χ4v) is 2.89. The van der Waals surface area contributed by atoms with Crippen LogP contribution in [-0.4, -0.2) is 25.2 Å². The predicted octanol–water partition coefficient (Wildman–Crippen LogP) is 1.71. The molecule has 5 heteroatoms. The maximum absolute atomic E-state index is 11.5. The molecule has 0 atom stereocenters. The minimum absolute atomic E-state index is 0.0953. The molecular formula is C11H14O4S. The van der Waals surface area contributed by atoms with Gasteiger partial charge in [0.2, 0.25) is 0 Å². The largest absolute Gasteiger partial charge is 0.478 e. The van der Waals surface area contributed by atoms with Crippen LogP contribution in [0.1, 0.15) is 29.3 Å². The third-order valence-electron chi connectivity index (χ3n) is 2.08. The van der Waals surface area contributed by atoms with Crippen LogP contribution < -0.4 is 0 Å². The summed E-state index contributed by atoms with van der Waals surface area (Å²) in [6, 6.07) is 6.02. The molecular weight excluding hydrogens is 228 g/mol. The second-order valence-corrected chi connectivity index (χ2v) is 5.78. The van der Waals surface area contributed by atoms with Crippen molar-refractivity contribution in [2.45, 2.75) is 19.1 Å². The second-order valence-electron chi connectivity index (χ2n) is 3.60. The van der Waals surface area contributed by atoms with E-state index in [4.69, 9.17) is 5.11 Å². The summed E-state index contributed by atoms with van der Waals surface area (Å²) in [5.74, 6) is -1.01. The monoisotopic (exact) mass is 242 g/mol. The van der Waals surface area contributed by atoms with Crippen molar-refractivity contribution >= 4 is 15.8 Å². The highest BCUT2D eigenvalue weighted by Crippen LogP contribution is 2.10. The minimum Gasteiger partial charge on any atom is -0.478 e. The first kappa shape index (κ1) is 12.7. The van der Waals surface area contributed by atoms with Crippen LogP contribution in [0.4, 0.5) is 0 Å². The van der Waals surface area contributed by atoms with Gasteiger partial charge in [0.25, 0.3) is 0 Å². The molecule has 4 nitrogen and oxygen atoms in total. The van der Waals surface area contributed by atoms with Crippen molar-refractivity contribution in [2.24, 2.45) is 0 Å². The molecule has 0 spiro atoms. The van der Waals surface area contributed by atoms with Gasteiger partial charge in [-0.1, -0.05) is 19.1 Å². The molecule has 1 rings (SSSR count). The van der Waals surface area contributed by atoms with E-state index in [1.807, 2.05) is 0 Å². The Kier molecular flexibility index (Phi) is 4.06. The van der Waals surface area contributed by atoms with Crippen LogP contribution >= 0.6 is 0 Å². The van der Waals surface area contributed by atoms with Gasteiger partial charge in [-0.3, -0.25) is 0 Å². The zero-order valence-corrected chi connectivity index (χ0v) is 9.83. The molecule has 0 saturated carbocycles. The summed E-state index contributed by atoms with van der Waals surface area (Å²) in [4.78, 5) is 10.7. The quantitative estimate of drug-likeness (QED) is 0.853. The topological polar surface area (TPSA) is 71.4 Å². The average molecular weight is 242 g/mol. The summed E-state index contributed by atoms with van der Waals surface area (Å²) in [5, 5.41) is 8.76. The Morgan fingerprint density at radius 2 is 2.06 bits per heavy atom. The third kappa shape index (κ3) is 3.66. The van der Waals surface area contributed by atoms with Crippen LogP contribution in [-0.2, 0) is 15.6 Å². The molecule has 0 heterocycles. The highest BCUT2D eigenvalue weighted by atomic mass is 32.2. The smallest absolute Gasteiger partial charge is 0.335 e. The van der Waals surface area contributed by atoms with Gasteiger partial charge in [-0.05, 0) is 24.1 Å². The van der Waals surface area contributed by atoms with Crippen molar-refractivity contribution in [2.75, 3.05) is 5.75 Å². The van der Waals surface area contributed by atoms with Crippen LogP contribution in [0.15, 0.2) is 24.3 Å². The lowest BCUT2D eigenvalue weighted by Gasteiger charge is -2.03. The minimum atomic E-state index is -3.12. The number of hydrogen-bond acceptors (Lipinski definition) is 3. The van der Waals surface area contributed by atoms with Gasteiger partial charge < -0.3 is 5.11 Å². The van der Waals surface area contributed by atoms with E-state index in [0.29, 0.717) is 12.0 Å². The number of sulfone groups is 1. The van der Waals surface area contributed by atoms with Crippen molar-refractivity contribution in [1.82, 2.24) is 0 Å². The van der Waals surface area contributed by atoms with E-state index in [1.165, 1.54) is 12.1 Å². The van der Waals surface area contributed by atoms with Crippen LogP contribution in [0.25, 0.3) is 0 Å². The Balaban J connectivity index is 2.90. The maximum atomic E-state index is 11.5. The molecule has 0 unspecified atom stereocenters. The van der Waals surface area contributed by atoms with Crippen LogP contribution in [0.5, 0.6) is 0 Å². The van der Waals surface area contributed by atoms with E-state index < -0.39 is 15.8 Å². The first-order chi connectivity index (χ1) is 7.44. The zero-order chi connectivity index (χ0) is 12.2. The molecule has 1 N–H and O–H groups in total. The van der Waals surface area contributed by atoms with Crippen molar-refractivity contribution < 1.29 is 18.3 Å². The highest BCUT2D eigenvalue weighted by Gasteiger charge is 2.12. The Hall–Kier alpha value is -1.36. The van der Waals surface area contributed by atoms with E-state index in [0.717, 1.165) is 0 Å². The lowest BCUT2D eigenvalue weighted by molar-refractivity contribution is 0.0696. The molecule has 1 aromatic rings. The third-order valence-corrected chi connectivity index (χ3v) is 3.88. The number of benzene rings is 1. The van der Waals surface area contributed by atoms with Crippen molar-refractivity contribution in [3.8, 4) is 0 Å². The van der Waals surface area contributed by atoms with Crippen molar-refractivity contribution in [3.63, 3.8) is 0 Å². The summed E-state index contributed by atoms with van der Waals surface area (Å²) in [7, 11) is -3.12. The van der Waals surface area contributed by atoms with Crippen molar-refractivity contribution in [3.05, 3.63) is 35.4 Å². The number of hydrogen-bond donors (Lipinski definition) is 1. The lowest BCUT2D eigenvalue weighted by Crippen LogP contribution is -2.09. The molecule has 1 aromatic carbocycles. The molecule has 0 fully saturated rings. The van der Waals surface area contributed by atoms with Gasteiger partial charge in [-0.2, -0.15) is 0 Å².